The molecule has 0 radical (unpaired) electrons. The zero-order valence-corrected chi connectivity index (χ0v) is 11.9. The summed E-state index contributed by atoms with van der Waals surface area (Å²) in [5.41, 5.74) is 0.479. The largest absolute Gasteiger partial charge is 0.333 e. The van der Waals surface area contributed by atoms with Crippen molar-refractivity contribution in [3.8, 4) is 0 Å². The van der Waals surface area contributed by atoms with Crippen molar-refractivity contribution in [1.82, 2.24) is 9.80 Å². The molecule has 0 spiro atoms. The van der Waals surface area contributed by atoms with Gasteiger partial charge in [-0.1, -0.05) is 11.6 Å². The van der Waals surface area contributed by atoms with Crippen LogP contribution in [0.3, 0.4) is 0 Å². The van der Waals surface area contributed by atoms with E-state index in [4.69, 9.17) is 11.6 Å². The van der Waals surface area contributed by atoms with E-state index in [0.29, 0.717) is 30.2 Å². The molecule has 0 saturated carbocycles. The SMILES string of the molecule is CCN1CCN(CC(=O)c2ccc(Cl)cc2)C(=O)C1=O. The standard InChI is InChI=1S/C14H15ClN2O3/c1-2-16-7-8-17(14(20)13(16)19)9-12(18)10-3-5-11(15)6-4-10/h3-6H,2,7-9H2,1H3. The van der Waals surface area contributed by atoms with E-state index >= 15 is 0 Å². The summed E-state index contributed by atoms with van der Waals surface area (Å²) < 4.78 is 0. The molecule has 6 heteroatoms. The summed E-state index contributed by atoms with van der Waals surface area (Å²) in [7, 11) is 0. The molecule has 0 N–H and O–H groups in total. The Balaban J connectivity index is 2.03. The Hall–Kier alpha value is -1.88. The van der Waals surface area contributed by atoms with Gasteiger partial charge < -0.3 is 9.80 Å². The third-order valence-corrected chi connectivity index (χ3v) is 3.53. The van der Waals surface area contributed by atoms with Crippen LogP contribution >= 0.6 is 11.6 Å². The van der Waals surface area contributed by atoms with Crippen LogP contribution in [0.4, 0.5) is 0 Å². The lowest BCUT2D eigenvalue weighted by molar-refractivity contribution is -0.155. The number of rotatable bonds is 4. The molecule has 1 aliphatic rings. The highest BCUT2D eigenvalue weighted by molar-refractivity contribution is 6.35. The van der Waals surface area contributed by atoms with E-state index in [2.05, 4.69) is 0 Å². The molecule has 0 atom stereocenters. The second-order valence-corrected chi connectivity index (χ2v) is 4.98. The lowest BCUT2D eigenvalue weighted by Gasteiger charge is -2.32. The van der Waals surface area contributed by atoms with Gasteiger partial charge in [0.25, 0.3) is 0 Å². The highest BCUT2D eigenvalue weighted by atomic mass is 35.5. The predicted molar refractivity (Wildman–Crippen MR) is 74.6 cm³/mol. The monoisotopic (exact) mass is 294 g/mol. The summed E-state index contributed by atoms with van der Waals surface area (Å²) >= 11 is 5.76. The minimum atomic E-state index is -0.611. The van der Waals surface area contributed by atoms with Crippen molar-refractivity contribution in [1.29, 1.82) is 0 Å². The number of carbonyl (C=O) groups excluding carboxylic acids is 3. The molecule has 1 heterocycles. The fourth-order valence-corrected chi connectivity index (χ4v) is 2.19. The van der Waals surface area contributed by atoms with E-state index in [1.807, 2.05) is 6.92 Å². The van der Waals surface area contributed by atoms with E-state index in [-0.39, 0.29) is 12.3 Å². The van der Waals surface area contributed by atoms with Crippen LogP contribution < -0.4 is 0 Å². The van der Waals surface area contributed by atoms with Gasteiger partial charge in [-0.3, -0.25) is 14.4 Å². The van der Waals surface area contributed by atoms with Crippen LogP contribution in [0.5, 0.6) is 0 Å². The minimum Gasteiger partial charge on any atom is -0.333 e. The number of nitrogens with zero attached hydrogens (tertiary/aromatic N) is 2. The Morgan fingerprint density at radius 3 is 2.25 bits per heavy atom. The zero-order valence-electron chi connectivity index (χ0n) is 11.1. The summed E-state index contributed by atoms with van der Waals surface area (Å²) in [5, 5.41) is 0.546. The van der Waals surface area contributed by atoms with Crippen molar-refractivity contribution < 1.29 is 14.4 Å². The number of benzene rings is 1. The van der Waals surface area contributed by atoms with Gasteiger partial charge in [-0.25, -0.2) is 0 Å². The Morgan fingerprint density at radius 2 is 1.65 bits per heavy atom. The molecule has 0 aromatic heterocycles. The van der Waals surface area contributed by atoms with Crippen molar-refractivity contribution in [2.45, 2.75) is 6.92 Å². The number of piperazine rings is 1. The van der Waals surface area contributed by atoms with Gasteiger partial charge in [-0.15, -0.1) is 0 Å². The van der Waals surface area contributed by atoms with Crippen molar-refractivity contribution >= 4 is 29.2 Å². The topological polar surface area (TPSA) is 57.7 Å². The van der Waals surface area contributed by atoms with Gasteiger partial charge in [-0.05, 0) is 31.2 Å². The average Bonchev–Trinajstić information content (AvgIpc) is 2.45. The van der Waals surface area contributed by atoms with E-state index < -0.39 is 11.8 Å². The summed E-state index contributed by atoms with van der Waals surface area (Å²) in [4.78, 5) is 38.5. The molecule has 1 aliphatic heterocycles. The number of amides is 2. The maximum Gasteiger partial charge on any atom is 0.312 e. The van der Waals surface area contributed by atoms with E-state index in [1.54, 1.807) is 24.3 Å². The quantitative estimate of drug-likeness (QED) is 0.619. The number of ketones is 1. The first-order valence-corrected chi connectivity index (χ1v) is 6.77. The maximum atomic E-state index is 12.1. The van der Waals surface area contributed by atoms with Gasteiger partial charge in [0.15, 0.2) is 5.78 Å². The second kappa shape index (κ2) is 6.05. The second-order valence-electron chi connectivity index (χ2n) is 4.54. The normalized spacial score (nSPS) is 15.7. The van der Waals surface area contributed by atoms with Crippen LogP contribution in [-0.2, 0) is 9.59 Å². The van der Waals surface area contributed by atoms with Gasteiger partial charge in [0.1, 0.15) is 0 Å². The van der Waals surface area contributed by atoms with Gasteiger partial charge >= 0.3 is 11.8 Å². The van der Waals surface area contributed by atoms with Crippen LogP contribution in [0.2, 0.25) is 5.02 Å². The van der Waals surface area contributed by atoms with Crippen LogP contribution in [0.25, 0.3) is 0 Å². The first-order chi connectivity index (χ1) is 9.52. The van der Waals surface area contributed by atoms with Crippen LogP contribution in [0.15, 0.2) is 24.3 Å². The molecule has 5 nitrogen and oxygen atoms in total. The van der Waals surface area contributed by atoms with Crippen molar-refractivity contribution in [2.75, 3.05) is 26.2 Å². The number of hydrogen-bond acceptors (Lipinski definition) is 3. The Labute approximate surface area is 122 Å². The molecule has 106 valence electrons. The van der Waals surface area contributed by atoms with E-state index in [0.717, 1.165) is 0 Å². The average molecular weight is 295 g/mol. The van der Waals surface area contributed by atoms with Crippen molar-refractivity contribution in [3.05, 3.63) is 34.9 Å². The Bertz CT molecular complexity index is 542. The molecular formula is C14H15ClN2O3. The smallest absolute Gasteiger partial charge is 0.312 e. The van der Waals surface area contributed by atoms with E-state index in [1.165, 1.54) is 9.80 Å². The molecule has 20 heavy (non-hydrogen) atoms. The molecule has 2 amide bonds. The number of halogens is 1. The Kier molecular flexibility index (Phi) is 4.39. The molecule has 0 bridgehead atoms. The van der Waals surface area contributed by atoms with Crippen LogP contribution in [0.1, 0.15) is 17.3 Å². The summed E-state index contributed by atoms with van der Waals surface area (Å²) in [6, 6.07) is 6.46. The molecule has 2 rings (SSSR count). The molecule has 1 saturated heterocycles. The minimum absolute atomic E-state index is 0.0796. The van der Waals surface area contributed by atoms with Crippen molar-refractivity contribution in [2.24, 2.45) is 0 Å². The van der Waals surface area contributed by atoms with E-state index in [9.17, 15) is 14.4 Å². The van der Waals surface area contributed by atoms with Crippen molar-refractivity contribution in [3.63, 3.8) is 0 Å². The zero-order chi connectivity index (χ0) is 14.7. The maximum absolute atomic E-state index is 12.1. The van der Waals surface area contributed by atoms with Crippen LogP contribution in [-0.4, -0.2) is 53.6 Å². The number of likely N-dealkylation sites (N-methyl/N-ethyl adjacent to an activating group) is 1. The predicted octanol–water partition coefficient (Wildman–Crippen LogP) is 1.21. The molecule has 1 fully saturated rings. The number of carbonyl (C=O) groups is 3. The van der Waals surface area contributed by atoms with Crippen LogP contribution in [0, 0.1) is 0 Å². The lowest BCUT2D eigenvalue weighted by Crippen LogP contribution is -2.55. The number of hydrogen-bond donors (Lipinski definition) is 0. The third kappa shape index (κ3) is 2.99. The van der Waals surface area contributed by atoms with Gasteiger partial charge in [0.2, 0.25) is 0 Å². The summed E-state index contributed by atoms with van der Waals surface area (Å²) in [6.07, 6.45) is 0. The first-order valence-electron chi connectivity index (χ1n) is 6.40. The van der Waals surface area contributed by atoms with Gasteiger partial charge in [0.05, 0.1) is 6.54 Å². The molecular weight excluding hydrogens is 280 g/mol. The lowest BCUT2D eigenvalue weighted by atomic mass is 10.1. The highest BCUT2D eigenvalue weighted by Gasteiger charge is 2.32. The summed E-state index contributed by atoms with van der Waals surface area (Å²) in [6.45, 7) is 3.10. The molecule has 0 unspecified atom stereocenters. The van der Waals surface area contributed by atoms with Gasteiger partial charge in [0, 0.05) is 30.2 Å². The first kappa shape index (κ1) is 14.5. The molecule has 1 aromatic rings. The number of Topliss-reactive ketones (excluding diaryl/α,β-unsaturated/α-hetero) is 1. The molecule has 0 aliphatic carbocycles. The fraction of sp³-hybridized carbons (Fsp3) is 0.357. The fourth-order valence-electron chi connectivity index (χ4n) is 2.07. The van der Waals surface area contributed by atoms with Gasteiger partial charge in [-0.2, -0.15) is 0 Å². The summed E-state index contributed by atoms with van der Waals surface area (Å²) in [5.74, 6) is -1.35. The molecule has 1 aromatic carbocycles. The third-order valence-electron chi connectivity index (χ3n) is 3.28. The highest BCUT2D eigenvalue weighted by Crippen LogP contribution is 2.12. The Morgan fingerprint density at radius 1 is 1.10 bits per heavy atom.